The summed E-state index contributed by atoms with van der Waals surface area (Å²) in [4.78, 5) is 4.35. The van der Waals surface area contributed by atoms with E-state index in [1.165, 1.54) is 22.3 Å². The van der Waals surface area contributed by atoms with Crippen molar-refractivity contribution in [3.8, 4) is 11.3 Å². The van der Waals surface area contributed by atoms with Gasteiger partial charge in [0.05, 0.1) is 17.7 Å². The molecule has 0 saturated heterocycles. The Kier molecular flexibility index (Phi) is 3.03. The number of aryl methyl sites for hydroxylation is 4. The summed E-state index contributed by atoms with van der Waals surface area (Å²) in [6.07, 6.45) is 1.83. The summed E-state index contributed by atoms with van der Waals surface area (Å²) in [5.74, 6) is 0. The molecule has 0 radical (unpaired) electrons. The molecule has 2 aromatic rings. The highest BCUT2D eigenvalue weighted by molar-refractivity contribution is 5.70. The second kappa shape index (κ2) is 4.34. The number of hydrogen-bond acceptors (Lipinski definition) is 2. The average molecular weight is 229 g/mol. The largest absolute Gasteiger partial charge is 0.333 e. The molecule has 1 aromatic heterocycles. The highest BCUT2D eigenvalue weighted by Crippen LogP contribution is 2.30. The summed E-state index contributed by atoms with van der Waals surface area (Å²) in [6, 6.07) is 4.41. The number of benzene rings is 1. The van der Waals surface area contributed by atoms with Gasteiger partial charge in [-0.3, -0.25) is 0 Å². The van der Waals surface area contributed by atoms with E-state index in [0.29, 0.717) is 6.54 Å². The summed E-state index contributed by atoms with van der Waals surface area (Å²) in [7, 11) is 2.01. The summed E-state index contributed by atoms with van der Waals surface area (Å²) in [5, 5.41) is 0. The van der Waals surface area contributed by atoms with Gasteiger partial charge in [-0.1, -0.05) is 17.7 Å². The van der Waals surface area contributed by atoms with E-state index in [4.69, 9.17) is 5.73 Å². The van der Waals surface area contributed by atoms with Gasteiger partial charge in [0, 0.05) is 19.2 Å². The molecule has 2 rings (SSSR count). The van der Waals surface area contributed by atoms with Gasteiger partial charge in [0.15, 0.2) is 0 Å². The van der Waals surface area contributed by atoms with Crippen LogP contribution in [0, 0.1) is 20.8 Å². The standard InChI is InChI=1S/C14H19N3/c1-9-5-10(2)13(11(3)6-9)14-12(7-15)16-8-17(14)4/h5-6,8H,7,15H2,1-4H3. The Hall–Kier alpha value is -1.61. The molecule has 0 bridgehead atoms. The van der Waals surface area contributed by atoms with Crippen LogP contribution in [0.1, 0.15) is 22.4 Å². The molecule has 0 aliphatic rings. The molecule has 0 fully saturated rings. The van der Waals surface area contributed by atoms with Crippen molar-refractivity contribution < 1.29 is 0 Å². The maximum absolute atomic E-state index is 5.76. The predicted molar refractivity (Wildman–Crippen MR) is 70.7 cm³/mol. The van der Waals surface area contributed by atoms with Crippen LogP contribution < -0.4 is 5.73 Å². The zero-order chi connectivity index (χ0) is 12.6. The second-order valence-electron chi connectivity index (χ2n) is 4.63. The molecule has 0 aliphatic carbocycles. The highest BCUT2D eigenvalue weighted by atomic mass is 15.0. The first kappa shape index (κ1) is 11.9. The fourth-order valence-electron chi connectivity index (χ4n) is 2.50. The van der Waals surface area contributed by atoms with Crippen molar-refractivity contribution in [3.63, 3.8) is 0 Å². The maximum atomic E-state index is 5.76. The molecule has 1 aromatic carbocycles. The Bertz CT molecular complexity index is 530. The third kappa shape index (κ3) is 1.98. The predicted octanol–water partition coefficient (Wildman–Crippen LogP) is 2.47. The zero-order valence-electron chi connectivity index (χ0n) is 10.9. The fraction of sp³-hybridized carbons (Fsp3) is 0.357. The number of nitrogens with zero attached hydrogens (tertiary/aromatic N) is 2. The number of aromatic nitrogens is 2. The molecule has 0 atom stereocenters. The first-order valence-corrected chi connectivity index (χ1v) is 5.83. The molecule has 2 N–H and O–H groups in total. The van der Waals surface area contributed by atoms with Crippen LogP contribution >= 0.6 is 0 Å². The monoisotopic (exact) mass is 229 g/mol. The van der Waals surface area contributed by atoms with Gasteiger partial charge in [-0.2, -0.15) is 0 Å². The molecule has 3 heteroatoms. The number of imidazole rings is 1. The average Bonchev–Trinajstić information content (AvgIpc) is 2.59. The Balaban J connectivity index is 2.72. The molecule has 3 nitrogen and oxygen atoms in total. The van der Waals surface area contributed by atoms with Gasteiger partial charge in [-0.05, 0) is 31.9 Å². The number of hydrogen-bond donors (Lipinski definition) is 1. The van der Waals surface area contributed by atoms with E-state index in [9.17, 15) is 0 Å². The van der Waals surface area contributed by atoms with Crippen LogP contribution in [0.4, 0.5) is 0 Å². The highest BCUT2D eigenvalue weighted by Gasteiger charge is 2.14. The lowest BCUT2D eigenvalue weighted by Gasteiger charge is -2.13. The zero-order valence-corrected chi connectivity index (χ0v) is 10.9. The normalized spacial score (nSPS) is 10.9. The summed E-state index contributed by atoms with van der Waals surface area (Å²) in [6.45, 7) is 6.88. The van der Waals surface area contributed by atoms with E-state index >= 15 is 0 Å². The van der Waals surface area contributed by atoms with Crippen molar-refractivity contribution in [3.05, 3.63) is 40.8 Å². The number of nitrogens with two attached hydrogens (primary N) is 1. The topological polar surface area (TPSA) is 43.8 Å². The van der Waals surface area contributed by atoms with Crippen molar-refractivity contribution in [2.45, 2.75) is 27.3 Å². The van der Waals surface area contributed by atoms with Crippen molar-refractivity contribution in [2.75, 3.05) is 0 Å². The van der Waals surface area contributed by atoms with Gasteiger partial charge in [0.25, 0.3) is 0 Å². The van der Waals surface area contributed by atoms with Crippen molar-refractivity contribution in [1.82, 2.24) is 9.55 Å². The van der Waals surface area contributed by atoms with Crippen LogP contribution in [0.15, 0.2) is 18.5 Å². The smallest absolute Gasteiger partial charge is 0.0952 e. The van der Waals surface area contributed by atoms with Gasteiger partial charge in [-0.25, -0.2) is 4.98 Å². The van der Waals surface area contributed by atoms with E-state index in [1.807, 2.05) is 17.9 Å². The Morgan fingerprint density at radius 3 is 2.29 bits per heavy atom. The third-order valence-electron chi connectivity index (χ3n) is 3.12. The van der Waals surface area contributed by atoms with Crippen molar-refractivity contribution in [1.29, 1.82) is 0 Å². The van der Waals surface area contributed by atoms with Gasteiger partial charge >= 0.3 is 0 Å². The molecule has 17 heavy (non-hydrogen) atoms. The van der Waals surface area contributed by atoms with Gasteiger partial charge < -0.3 is 10.3 Å². The third-order valence-corrected chi connectivity index (χ3v) is 3.12. The Morgan fingerprint density at radius 1 is 1.18 bits per heavy atom. The minimum Gasteiger partial charge on any atom is -0.333 e. The lowest BCUT2D eigenvalue weighted by Crippen LogP contribution is -2.03. The van der Waals surface area contributed by atoms with Crippen LogP contribution in [-0.4, -0.2) is 9.55 Å². The van der Waals surface area contributed by atoms with E-state index in [2.05, 4.69) is 37.9 Å². The maximum Gasteiger partial charge on any atom is 0.0952 e. The molecule has 0 aliphatic heterocycles. The minimum atomic E-state index is 0.475. The molecule has 0 spiro atoms. The molecule has 0 unspecified atom stereocenters. The quantitative estimate of drug-likeness (QED) is 0.859. The van der Waals surface area contributed by atoms with Crippen LogP contribution in [0.3, 0.4) is 0 Å². The minimum absolute atomic E-state index is 0.475. The molecular formula is C14H19N3. The van der Waals surface area contributed by atoms with Crippen LogP contribution in [-0.2, 0) is 13.6 Å². The first-order valence-electron chi connectivity index (χ1n) is 5.83. The molecule has 0 amide bonds. The Labute approximate surface area is 102 Å². The van der Waals surface area contributed by atoms with Crippen LogP contribution in [0.2, 0.25) is 0 Å². The second-order valence-corrected chi connectivity index (χ2v) is 4.63. The van der Waals surface area contributed by atoms with Crippen molar-refractivity contribution in [2.24, 2.45) is 12.8 Å². The SMILES string of the molecule is Cc1cc(C)c(-c2c(CN)ncn2C)c(C)c1. The van der Waals surface area contributed by atoms with Crippen LogP contribution in [0.5, 0.6) is 0 Å². The van der Waals surface area contributed by atoms with Gasteiger partial charge in [0.2, 0.25) is 0 Å². The Morgan fingerprint density at radius 2 is 1.76 bits per heavy atom. The lowest BCUT2D eigenvalue weighted by molar-refractivity contribution is 0.917. The summed E-state index contributed by atoms with van der Waals surface area (Å²) in [5.41, 5.74) is 13.0. The van der Waals surface area contributed by atoms with E-state index in [-0.39, 0.29) is 0 Å². The number of rotatable bonds is 2. The summed E-state index contributed by atoms with van der Waals surface area (Å²) < 4.78 is 2.05. The molecular weight excluding hydrogens is 210 g/mol. The lowest BCUT2D eigenvalue weighted by atomic mass is 9.96. The first-order chi connectivity index (χ1) is 8.04. The molecule has 1 heterocycles. The fourth-order valence-corrected chi connectivity index (χ4v) is 2.50. The summed E-state index contributed by atoms with van der Waals surface area (Å²) >= 11 is 0. The van der Waals surface area contributed by atoms with E-state index in [1.54, 1.807) is 0 Å². The molecule has 0 saturated carbocycles. The van der Waals surface area contributed by atoms with Crippen molar-refractivity contribution >= 4 is 0 Å². The van der Waals surface area contributed by atoms with Gasteiger partial charge in [-0.15, -0.1) is 0 Å². The van der Waals surface area contributed by atoms with Gasteiger partial charge in [0.1, 0.15) is 0 Å². The van der Waals surface area contributed by atoms with E-state index in [0.717, 1.165) is 11.4 Å². The van der Waals surface area contributed by atoms with Crippen LogP contribution in [0.25, 0.3) is 11.3 Å². The van der Waals surface area contributed by atoms with E-state index < -0.39 is 0 Å². The molecule has 90 valence electrons.